The van der Waals surface area contributed by atoms with Gasteiger partial charge in [0, 0.05) is 31.2 Å². The maximum atomic E-state index is 11.3. The first kappa shape index (κ1) is 34.7. The van der Waals surface area contributed by atoms with E-state index >= 15 is 0 Å². The molecule has 0 aromatic heterocycles. The molecule has 0 bridgehead atoms. The van der Waals surface area contributed by atoms with Crippen LogP contribution >= 0.6 is 0 Å². The van der Waals surface area contributed by atoms with E-state index in [0.29, 0.717) is 6.54 Å². The number of rotatable bonds is 7. The molecule has 1 aliphatic rings. The Morgan fingerprint density at radius 1 is 0.903 bits per heavy atom. The minimum atomic E-state index is -5.08. The molecule has 3 N–H and O–H groups in total. The maximum absolute atomic E-state index is 11.3. The fraction of sp³-hybridized carbons (Fsp3) is 0.846. The van der Waals surface area contributed by atoms with Gasteiger partial charge in [0.15, 0.2) is 9.84 Å². The molecule has 18 heteroatoms. The molecule has 9 nitrogen and oxygen atoms in total. The van der Waals surface area contributed by atoms with E-state index in [1.54, 1.807) is 6.92 Å². The van der Waals surface area contributed by atoms with Crippen molar-refractivity contribution < 1.29 is 52.3 Å². The first-order valence-electron chi connectivity index (χ1n) is 8.15. The average Bonchev–Trinajstić information content (AvgIpc) is 3.05. The third-order valence-electron chi connectivity index (χ3n) is 3.16. The molecule has 1 heterocycles. The van der Waals surface area contributed by atoms with Gasteiger partial charge < -0.3 is 25.1 Å². The van der Waals surface area contributed by atoms with Gasteiger partial charge in [0.05, 0.1) is 34.6 Å². The van der Waals surface area contributed by atoms with Crippen molar-refractivity contribution in [3.63, 3.8) is 0 Å². The van der Waals surface area contributed by atoms with Gasteiger partial charge in [-0.05, 0) is 6.42 Å². The van der Waals surface area contributed by atoms with Crippen LogP contribution in [0.15, 0.2) is 12.4 Å². The lowest BCUT2D eigenvalue weighted by atomic mass is 10.3. The van der Waals surface area contributed by atoms with E-state index in [0.717, 1.165) is 13.2 Å². The van der Waals surface area contributed by atoms with Crippen LogP contribution < -0.4 is 6.15 Å². The number of alkyl halides is 6. The summed E-state index contributed by atoms with van der Waals surface area (Å²) < 4.78 is 122. The Kier molecular flexibility index (Phi) is 17.6. The van der Waals surface area contributed by atoms with Crippen molar-refractivity contribution in [3.8, 4) is 0 Å². The van der Waals surface area contributed by atoms with Crippen molar-refractivity contribution in [3.05, 3.63) is 12.4 Å². The van der Waals surface area contributed by atoms with Crippen LogP contribution in [-0.4, -0.2) is 78.0 Å². The summed E-state index contributed by atoms with van der Waals surface area (Å²) in [7, 11) is -2.84. The van der Waals surface area contributed by atoms with E-state index in [1.165, 1.54) is 12.8 Å². The molecule has 0 aromatic carbocycles. The third-order valence-corrected chi connectivity index (χ3v) is 5.60. The first-order valence-corrected chi connectivity index (χ1v) is 12.1. The summed E-state index contributed by atoms with van der Waals surface area (Å²) in [5.74, 6) is 0.500. The number of sulfone groups is 1. The zero-order valence-electron chi connectivity index (χ0n) is 16.6. The first-order chi connectivity index (χ1) is 13.5. The van der Waals surface area contributed by atoms with Gasteiger partial charge in [0.2, 0.25) is 0 Å². The Labute approximate surface area is 181 Å². The number of nitrogens with zero attached hydrogens (tertiary/aromatic N) is 2. The van der Waals surface area contributed by atoms with Gasteiger partial charge >= 0.3 is 11.0 Å². The van der Waals surface area contributed by atoms with E-state index in [-0.39, 0.29) is 17.7 Å². The van der Waals surface area contributed by atoms with E-state index in [2.05, 4.69) is 16.7 Å². The highest BCUT2D eigenvalue weighted by atomic mass is 32.2. The number of halogens is 6. The van der Waals surface area contributed by atoms with Crippen LogP contribution in [0, 0.1) is 0 Å². The largest absolute Gasteiger partial charge is 0.766 e. The molecule has 2 unspecified atom stereocenters. The molecule has 0 spiro atoms. The van der Waals surface area contributed by atoms with Gasteiger partial charge in [-0.3, -0.25) is 8.42 Å². The Bertz CT molecular complexity index is 649. The van der Waals surface area contributed by atoms with Crippen LogP contribution in [0.5, 0.6) is 0 Å². The Morgan fingerprint density at radius 3 is 1.55 bits per heavy atom. The molecule has 2 atom stereocenters. The zero-order valence-corrected chi connectivity index (χ0v) is 19.1. The molecule has 1 aliphatic heterocycles. The molecule has 0 fully saturated rings. The number of hydrogen-bond donors (Lipinski definition) is 1. The van der Waals surface area contributed by atoms with Crippen LogP contribution in [-0.2, 0) is 32.0 Å². The van der Waals surface area contributed by atoms with Crippen molar-refractivity contribution in [2.24, 2.45) is 0 Å². The van der Waals surface area contributed by atoms with Gasteiger partial charge in [-0.1, -0.05) is 20.3 Å². The van der Waals surface area contributed by atoms with Crippen molar-refractivity contribution >= 4 is 32.0 Å². The molecule has 190 valence electrons. The molecule has 31 heavy (non-hydrogen) atoms. The summed E-state index contributed by atoms with van der Waals surface area (Å²) in [5, 5.41) is 0. The summed E-state index contributed by atoms with van der Waals surface area (Å²) in [6, 6.07) is 0. The van der Waals surface area contributed by atoms with Gasteiger partial charge in [-0.2, -0.15) is 26.3 Å². The molecule has 0 amide bonds. The molecule has 0 saturated heterocycles. The fourth-order valence-corrected chi connectivity index (χ4v) is 2.37. The molecule has 1 rings (SSSR count). The van der Waals surface area contributed by atoms with Gasteiger partial charge in [0.1, 0.15) is 0 Å². The second-order valence-corrected chi connectivity index (χ2v) is 9.85. The molecule has 0 aliphatic carbocycles. The summed E-state index contributed by atoms with van der Waals surface area (Å²) >= 11 is -7.87. The van der Waals surface area contributed by atoms with Gasteiger partial charge in [-0.25, -0.2) is 8.42 Å². The van der Waals surface area contributed by atoms with Crippen LogP contribution in [0.4, 0.5) is 26.3 Å². The van der Waals surface area contributed by atoms with Crippen LogP contribution in [0.3, 0.4) is 0 Å². The second-order valence-electron chi connectivity index (χ2n) is 5.52. The molecule has 0 saturated carbocycles. The minimum absolute atomic E-state index is 0. The monoisotopic (exact) mass is 529 g/mol. The van der Waals surface area contributed by atoms with E-state index in [9.17, 15) is 34.8 Å². The van der Waals surface area contributed by atoms with Crippen LogP contribution in [0.1, 0.15) is 26.7 Å². The lowest BCUT2D eigenvalue weighted by Gasteiger charge is -2.20. The Balaban J connectivity index is -0.000000439. The van der Waals surface area contributed by atoms with Crippen molar-refractivity contribution in [2.75, 3.05) is 31.3 Å². The van der Waals surface area contributed by atoms with Crippen molar-refractivity contribution in [1.29, 1.82) is 0 Å². The van der Waals surface area contributed by atoms with Crippen molar-refractivity contribution in [1.82, 2.24) is 16.0 Å². The highest BCUT2D eigenvalue weighted by Gasteiger charge is 2.29. The van der Waals surface area contributed by atoms with Crippen LogP contribution in [0.2, 0.25) is 0 Å². The lowest BCUT2D eigenvalue weighted by Crippen LogP contribution is -2.30. The summed E-state index contributed by atoms with van der Waals surface area (Å²) in [4.78, 5) is 4.28. The highest BCUT2D eigenvalue weighted by molar-refractivity contribution is 7.91. The maximum Gasteiger partial charge on any atom is 0.458 e. The Hall–Kier alpha value is -0.950. The predicted octanol–water partition coefficient (Wildman–Crippen LogP) is 2.20. The highest BCUT2D eigenvalue weighted by Crippen LogP contribution is 2.17. The van der Waals surface area contributed by atoms with E-state index in [1.807, 2.05) is 12.4 Å². The Morgan fingerprint density at radius 2 is 1.26 bits per heavy atom. The SMILES string of the molecule is CCCCN1C=CN(CCS(=O)(=O)CC)C1.N.O=S([O-])C(F)(F)F.O=S([O-])C(F)(F)F. The van der Waals surface area contributed by atoms with Gasteiger partial charge in [0.25, 0.3) is 0 Å². The molecule has 0 aromatic rings. The molecular weight excluding hydrogens is 504 g/mol. The predicted molar refractivity (Wildman–Crippen MR) is 102 cm³/mol. The molecule has 0 radical (unpaired) electrons. The minimum Gasteiger partial charge on any atom is -0.766 e. The third kappa shape index (κ3) is 19.5. The van der Waals surface area contributed by atoms with E-state index < -0.39 is 43.0 Å². The van der Waals surface area contributed by atoms with E-state index in [4.69, 9.17) is 17.5 Å². The zero-order chi connectivity index (χ0) is 24.2. The topological polar surface area (TPSA) is 156 Å². The van der Waals surface area contributed by atoms with Crippen molar-refractivity contribution in [2.45, 2.75) is 37.7 Å². The summed E-state index contributed by atoms with van der Waals surface area (Å²) in [6.45, 7) is 6.37. The van der Waals surface area contributed by atoms with Crippen LogP contribution in [0.25, 0.3) is 0 Å². The standard InChI is InChI=1S/C11H22N2O2S.2CHF3O2S.H3N/c1-3-5-6-12-7-8-13(11-12)9-10-16(14,15)4-2;2*2-1(3,4)7(5)6;/h7-8H,3-6,9-11H2,1-2H3;2*(H,5,6);1H3/p-2. The number of unbranched alkanes of at least 4 members (excludes halogenated alkanes) is 1. The normalized spacial score (nSPS) is 15.8. The van der Waals surface area contributed by atoms with Gasteiger partial charge in [-0.15, -0.1) is 0 Å². The quantitative estimate of drug-likeness (QED) is 0.386. The summed E-state index contributed by atoms with van der Waals surface area (Å²) in [5.41, 5.74) is -10.2. The molecular formula is C13H25F6N3O6S3-2. The summed E-state index contributed by atoms with van der Waals surface area (Å²) in [6.07, 6.45) is 6.41. The fourth-order valence-electron chi connectivity index (χ4n) is 1.57. The average molecular weight is 530 g/mol. The second kappa shape index (κ2) is 15.8. The smallest absolute Gasteiger partial charge is 0.458 e. The lowest BCUT2D eigenvalue weighted by molar-refractivity contribution is -0.0458. The number of hydrogen-bond acceptors (Lipinski definition) is 9.